The number of amides is 1. The summed E-state index contributed by atoms with van der Waals surface area (Å²) >= 11 is 0. The Labute approximate surface area is 126 Å². The minimum atomic E-state index is -0.374. The van der Waals surface area contributed by atoms with Gasteiger partial charge in [0.15, 0.2) is 0 Å². The van der Waals surface area contributed by atoms with Gasteiger partial charge in [-0.25, -0.2) is 0 Å². The van der Waals surface area contributed by atoms with Crippen molar-refractivity contribution in [2.75, 3.05) is 20.7 Å². The molecule has 0 aliphatic carbocycles. The van der Waals surface area contributed by atoms with Crippen LogP contribution in [0.3, 0.4) is 0 Å². The highest BCUT2D eigenvalue weighted by Crippen LogP contribution is 2.30. The van der Waals surface area contributed by atoms with Gasteiger partial charge in [0.05, 0.1) is 19.3 Å². The molecule has 0 saturated carbocycles. The van der Waals surface area contributed by atoms with Crippen molar-refractivity contribution in [2.45, 2.75) is 38.0 Å². The number of nitrogens with two attached hydrogens (primary N) is 1. The number of methoxy groups -OCH3 is 1. The third-order valence-corrected chi connectivity index (χ3v) is 4.16. The van der Waals surface area contributed by atoms with Crippen LogP contribution in [0.15, 0.2) is 24.3 Å². The zero-order valence-corrected chi connectivity index (χ0v) is 12.9. The maximum Gasteiger partial charge on any atom is 0.251 e. The van der Waals surface area contributed by atoms with Gasteiger partial charge in [-0.1, -0.05) is 18.2 Å². The fourth-order valence-corrected chi connectivity index (χ4v) is 2.70. The number of nitrogens with zero attached hydrogens (tertiary/aromatic N) is 1. The molecule has 2 rings (SSSR count). The van der Waals surface area contributed by atoms with E-state index in [1.165, 1.54) is 0 Å². The molecule has 21 heavy (non-hydrogen) atoms. The van der Waals surface area contributed by atoms with Gasteiger partial charge in [0, 0.05) is 19.2 Å². The van der Waals surface area contributed by atoms with Crippen molar-refractivity contribution >= 4 is 5.91 Å². The Hall–Kier alpha value is -1.59. The molecule has 0 aromatic heterocycles. The van der Waals surface area contributed by atoms with E-state index in [-0.39, 0.29) is 24.2 Å². The molecule has 1 aromatic rings. The summed E-state index contributed by atoms with van der Waals surface area (Å²) in [5.41, 5.74) is 6.58. The van der Waals surface area contributed by atoms with Gasteiger partial charge in [-0.3, -0.25) is 4.79 Å². The van der Waals surface area contributed by atoms with Crippen molar-refractivity contribution in [3.8, 4) is 5.75 Å². The van der Waals surface area contributed by atoms with Crippen LogP contribution >= 0.6 is 0 Å². The number of hydrogen-bond acceptors (Lipinski definition) is 4. The van der Waals surface area contributed by atoms with Crippen LogP contribution < -0.4 is 10.5 Å². The van der Waals surface area contributed by atoms with Gasteiger partial charge >= 0.3 is 0 Å². The van der Waals surface area contributed by atoms with E-state index < -0.39 is 0 Å². The zero-order chi connectivity index (χ0) is 15.4. The van der Waals surface area contributed by atoms with Crippen LogP contribution in [-0.4, -0.2) is 43.7 Å². The molecule has 1 aliphatic heterocycles. The Balaban J connectivity index is 2.08. The lowest BCUT2D eigenvalue weighted by Gasteiger charge is -2.28. The quantitative estimate of drug-likeness (QED) is 0.897. The molecule has 116 valence electrons. The molecule has 2 N–H and O–H groups in total. The summed E-state index contributed by atoms with van der Waals surface area (Å²) in [6.07, 6.45) is 1.22. The summed E-state index contributed by atoms with van der Waals surface area (Å²) in [4.78, 5) is 14.3. The maximum atomic E-state index is 12.5. The lowest BCUT2D eigenvalue weighted by atomic mass is 10.0. The molecule has 0 bridgehead atoms. The van der Waals surface area contributed by atoms with Gasteiger partial charge in [0.25, 0.3) is 5.91 Å². The largest absolute Gasteiger partial charge is 0.496 e. The van der Waals surface area contributed by atoms with Crippen LogP contribution in [0.25, 0.3) is 0 Å². The van der Waals surface area contributed by atoms with Gasteiger partial charge < -0.3 is 20.1 Å². The van der Waals surface area contributed by atoms with Gasteiger partial charge in [-0.05, 0) is 25.8 Å². The van der Waals surface area contributed by atoms with E-state index in [1.54, 1.807) is 19.1 Å². The summed E-state index contributed by atoms with van der Waals surface area (Å²) in [5, 5.41) is 0. The van der Waals surface area contributed by atoms with Gasteiger partial charge in [0.1, 0.15) is 11.9 Å². The highest BCUT2D eigenvalue weighted by Gasteiger charge is 2.33. The Kier molecular flexibility index (Phi) is 5.20. The van der Waals surface area contributed by atoms with Crippen molar-refractivity contribution in [1.82, 2.24) is 4.90 Å². The molecular formula is C16H24N2O3. The maximum absolute atomic E-state index is 12.5. The summed E-state index contributed by atoms with van der Waals surface area (Å²) in [6, 6.07) is 7.67. The van der Waals surface area contributed by atoms with Crippen molar-refractivity contribution in [2.24, 2.45) is 5.73 Å². The van der Waals surface area contributed by atoms with Crippen LogP contribution in [0.5, 0.6) is 5.75 Å². The first-order chi connectivity index (χ1) is 10.1. The average molecular weight is 292 g/mol. The van der Waals surface area contributed by atoms with Crippen molar-refractivity contribution in [3.05, 3.63) is 29.8 Å². The molecule has 3 unspecified atom stereocenters. The smallest absolute Gasteiger partial charge is 0.251 e. The second kappa shape index (κ2) is 6.91. The third kappa shape index (κ3) is 3.36. The van der Waals surface area contributed by atoms with E-state index in [9.17, 15) is 4.79 Å². The molecule has 5 heteroatoms. The van der Waals surface area contributed by atoms with Crippen molar-refractivity contribution < 1.29 is 14.3 Å². The van der Waals surface area contributed by atoms with Gasteiger partial charge in [0.2, 0.25) is 0 Å². The number of carbonyl (C=O) groups excluding carboxylic acids is 1. The van der Waals surface area contributed by atoms with Crippen molar-refractivity contribution in [1.29, 1.82) is 0 Å². The molecule has 1 aliphatic rings. The van der Waals surface area contributed by atoms with E-state index in [1.807, 2.05) is 31.2 Å². The lowest BCUT2D eigenvalue weighted by molar-refractivity contribution is -0.143. The van der Waals surface area contributed by atoms with Crippen LogP contribution in [0.1, 0.15) is 31.4 Å². The number of ether oxygens (including phenoxy) is 2. The molecule has 1 saturated heterocycles. The minimum Gasteiger partial charge on any atom is -0.496 e. The molecular weight excluding hydrogens is 268 g/mol. The van der Waals surface area contributed by atoms with Crippen LogP contribution in [0.4, 0.5) is 0 Å². The molecule has 5 nitrogen and oxygen atoms in total. The second-order valence-corrected chi connectivity index (χ2v) is 5.43. The SMILES string of the molecule is COc1ccccc1C(C)N(C)C(=O)C1CCC(CN)O1. The molecule has 0 spiro atoms. The third-order valence-electron chi connectivity index (χ3n) is 4.16. The van der Waals surface area contributed by atoms with E-state index in [2.05, 4.69) is 0 Å². The zero-order valence-electron chi connectivity index (χ0n) is 12.9. The normalized spacial score (nSPS) is 22.9. The summed E-state index contributed by atoms with van der Waals surface area (Å²) < 4.78 is 11.1. The molecule has 1 aromatic carbocycles. The fourth-order valence-electron chi connectivity index (χ4n) is 2.70. The highest BCUT2D eigenvalue weighted by molar-refractivity contribution is 5.81. The van der Waals surface area contributed by atoms with Crippen LogP contribution in [-0.2, 0) is 9.53 Å². The lowest BCUT2D eigenvalue weighted by Crippen LogP contribution is -2.38. The number of hydrogen-bond donors (Lipinski definition) is 1. The van der Waals surface area contributed by atoms with E-state index in [4.69, 9.17) is 15.2 Å². The molecule has 3 atom stereocenters. The Morgan fingerprint density at radius 2 is 2.19 bits per heavy atom. The first-order valence-electron chi connectivity index (χ1n) is 7.33. The number of likely N-dealkylation sites (N-methyl/N-ethyl adjacent to an activating group) is 1. The monoisotopic (exact) mass is 292 g/mol. The van der Waals surface area contributed by atoms with E-state index >= 15 is 0 Å². The first-order valence-corrected chi connectivity index (χ1v) is 7.33. The van der Waals surface area contributed by atoms with Crippen LogP contribution in [0, 0.1) is 0 Å². The predicted octanol–water partition coefficient (Wildman–Crippen LogP) is 1.72. The summed E-state index contributed by atoms with van der Waals surface area (Å²) in [6.45, 7) is 2.46. The van der Waals surface area contributed by atoms with Gasteiger partial charge in [-0.15, -0.1) is 0 Å². The number of rotatable bonds is 5. The second-order valence-electron chi connectivity index (χ2n) is 5.43. The first kappa shape index (κ1) is 15.8. The molecule has 1 fully saturated rings. The van der Waals surface area contributed by atoms with Gasteiger partial charge in [-0.2, -0.15) is 0 Å². The molecule has 0 radical (unpaired) electrons. The number of benzene rings is 1. The minimum absolute atomic E-state index is 0.00403. The molecule has 1 amide bonds. The summed E-state index contributed by atoms with van der Waals surface area (Å²) in [7, 11) is 3.44. The summed E-state index contributed by atoms with van der Waals surface area (Å²) in [5.74, 6) is 0.793. The average Bonchev–Trinajstić information content (AvgIpc) is 3.01. The fraction of sp³-hybridized carbons (Fsp3) is 0.562. The number of carbonyl (C=O) groups is 1. The topological polar surface area (TPSA) is 64.8 Å². The Morgan fingerprint density at radius 1 is 1.48 bits per heavy atom. The van der Waals surface area contributed by atoms with E-state index in [0.717, 1.165) is 24.2 Å². The van der Waals surface area contributed by atoms with Crippen molar-refractivity contribution in [3.63, 3.8) is 0 Å². The highest BCUT2D eigenvalue weighted by atomic mass is 16.5. The number of para-hydroxylation sites is 1. The standard InChI is InChI=1S/C16H24N2O3/c1-11(13-6-4-5-7-14(13)20-3)18(2)16(19)15-9-8-12(10-17)21-15/h4-7,11-12,15H,8-10,17H2,1-3H3. The predicted molar refractivity (Wildman–Crippen MR) is 81.1 cm³/mol. The van der Waals surface area contributed by atoms with E-state index in [0.29, 0.717) is 6.54 Å². The Bertz CT molecular complexity index is 492. The Morgan fingerprint density at radius 3 is 2.81 bits per heavy atom. The van der Waals surface area contributed by atoms with Crippen LogP contribution in [0.2, 0.25) is 0 Å². The molecule has 1 heterocycles.